The van der Waals surface area contributed by atoms with Crippen LogP contribution in [0.4, 0.5) is 0 Å². The number of rotatable bonds is 4. The second-order valence-corrected chi connectivity index (χ2v) is 3.23. The van der Waals surface area contributed by atoms with Crippen LogP contribution in [-0.4, -0.2) is 40.4 Å². The van der Waals surface area contributed by atoms with Crippen LogP contribution in [0.3, 0.4) is 0 Å². The number of aliphatic hydroxyl groups excluding tert-OH is 2. The van der Waals surface area contributed by atoms with Crippen molar-refractivity contribution in [2.45, 2.75) is 13.0 Å². The average molecular weight is 210 g/mol. The molecule has 1 heterocycles. The van der Waals surface area contributed by atoms with E-state index < -0.39 is 6.10 Å². The number of aryl methyl sites for hydroxylation is 1. The van der Waals surface area contributed by atoms with Gasteiger partial charge in [0, 0.05) is 18.4 Å². The summed E-state index contributed by atoms with van der Waals surface area (Å²) in [6.07, 6.45) is 0.545. The molecule has 1 unspecified atom stereocenters. The summed E-state index contributed by atoms with van der Waals surface area (Å²) in [6, 6.07) is 3.39. The van der Waals surface area contributed by atoms with Crippen LogP contribution in [0.25, 0.3) is 0 Å². The molecule has 1 aromatic heterocycles. The van der Waals surface area contributed by atoms with Crippen LogP contribution in [-0.2, 0) is 0 Å². The van der Waals surface area contributed by atoms with Crippen molar-refractivity contribution < 1.29 is 15.0 Å². The first kappa shape index (κ1) is 11.6. The van der Waals surface area contributed by atoms with Crippen molar-refractivity contribution in [3.8, 4) is 0 Å². The first-order chi connectivity index (χ1) is 7.13. The number of aliphatic hydroxyl groups is 2. The fraction of sp³-hybridized carbons (Fsp3) is 0.400. The number of amides is 1. The summed E-state index contributed by atoms with van der Waals surface area (Å²) in [6.45, 7) is 1.49. The lowest BCUT2D eigenvalue weighted by Gasteiger charge is -2.08. The van der Waals surface area contributed by atoms with Gasteiger partial charge in [-0.2, -0.15) is 0 Å². The Balaban J connectivity index is 2.50. The SMILES string of the molecule is Cc1ccc(C(=O)NCC(O)CO)cn1. The van der Waals surface area contributed by atoms with Crippen molar-refractivity contribution in [2.75, 3.05) is 13.2 Å². The van der Waals surface area contributed by atoms with Crippen LogP contribution in [0.5, 0.6) is 0 Å². The van der Waals surface area contributed by atoms with E-state index in [9.17, 15) is 4.79 Å². The van der Waals surface area contributed by atoms with E-state index >= 15 is 0 Å². The maximum Gasteiger partial charge on any atom is 0.252 e. The third-order valence-electron chi connectivity index (χ3n) is 1.88. The van der Waals surface area contributed by atoms with Gasteiger partial charge in [-0.15, -0.1) is 0 Å². The molecule has 0 aliphatic rings. The van der Waals surface area contributed by atoms with E-state index in [0.717, 1.165) is 5.69 Å². The third kappa shape index (κ3) is 3.65. The number of carbonyl (C=O) groups is 1. The molecule has 1 rings (SSSR count). The van der Waals surface area contributed by atoms with E-state index in [0.29, 0.717) is 5.56 Å². The van der Waals surface area contributed by atoms with Gasteiger partial charge in [0.2, 0.25) is 0 Å². The zero-order valence-electron chi connectivity index (χ0n) is 8.47. The molecular formula is C10H14N2O3. The van der Waals surface area contributed by atoms with Gasteiger partial charge >= 0.3 is 0 Å². The van der Waals surface area contributed by atoms with Crippen LogP contribution < -0.4 is 5.32 Å². The normalized spacial score (nSPS) is 12.2. The van der Waals surface area contributed by atoms with Gasteiger partial charge in [0.15, 0.2) is 0 Å². The minimum Gasteiger partial charge on any atom is -0.394 e. The average Bonchev–Trinajstić information content (AvgIpc) is 2.26. The summed E-state index contributed by atoms with van der Waals surface area (Å²) in [5.74, 6) is -0.310. The first-order valence-corrected chi connectivity index (χ1v) is 4.63. The van der Waals surface area contributed by atoms with Gasteiger partial charge in [-0.25, -0.2) is 0 Å². The van der Waals surface area contributed by atoms with Crippen LogP contribution in [0.15, 0.2) is 18.3 Å². The smallest absolute Gasteiger partial charge is 0.252 e. The van der Waals surface area contributed by atoms with Gasteiger partial charge in [0.25, 0.3) is 5.91 Å². The molecule has 1 amide bonds. The van der Waals surface area contributed by atoms with E-state index in [-0.39, 0.29) is 19.1 Å². The minimum atomic E-state index is -0.924. The number of nitrogens with zero attached hydrogens (tertiary/aromatic N) is 1. The van der Waals surface area contributed by atoms with Crippen LogP contribution in [0.1, 0.15) is 16.1 Å². The highest BCUT2D eigenvalue weighted by atomic mass is 16.3. The third-order valence-corrected chi connectivity index (χ3v) is 1.88. The second kappa shape index (κ2) is 5.43. The summed E-state index contributed by atoms with van der Waals surface area (Å²) in [7, 11) is 0. The first-order valence-electron chi connectivity index (χ1n) is 4.63. The molecule has 0 bridgehead atoms. The molecule has 5 nitrogen and oxygen atoms in total. The second-order valence-electron chi connectivity index (χ2n) is 3.23. The molecule has 5 heteroatoms. The Bertz CT molecular complexity index is 324. The lowest BCUT2D eigenvalue weighted by Crippen LogP contribution is -2.33. The summed E-state index contributed by atoms with van der Waals surface area (Å²) >= 11 is 0. The Hall–Kier alpha value is -1.46. The molecule has 15 heavy (non-hydrogen) atoms. The Morgan fingerprint density at radius 3 is 2.87 bits per heavy atom. The van der Waals surface area contributed by atoms with E-state index in [1.54, 1.807) is 12.1 Å². The Morgan fingerprint density at radius 1 is 1.60 bits per heavy atom. The molecule has 0 aromatic carbocycles. The number of pyridine rings is 1. The van der Waals surface area contributed by atoms with Gasteiger partial charge in [0.05, 0.1) is 18.3 Å². The molecule has 0 saturated carbocycles. The molecule has 0 fully saturated rings. The monoisotopic (exact) mass is 210 g/mol. The van der Waals surface area contributed by atoms with Crippen molar-refractivity contribution in [3.05, 3.63) is 29.6 Å². The number of hydrogen-bond acceptors (Lipinski definition) is 4. The summed E-state index contributed by atoms with van der Waals surface area (Å²) in [5.41, 5.74) is 1.27. The molecule has 0 radical (unpaired) electrons. The highest BCUT2D eigenvalue weighted by Crippen LogP contribution is 1.98. The predicted molar refractivity (Wildman–Crippen MR) is 54.4 cm³/mol. The molecule has 0 aliphatic heterocycles. The number of carbonyl (C=O) groups excluding carboxylic acids is 1. The molecule has 0 spiro atoms. The van der Waals surface area contributed by atoms with E-state index in [2.05, 4.69) is 10.3 Å². The summed E-state index contributed by atoms with van der Waals surface area (Å²) in [5, 5.41) is 20.0. The van der Waals surface area contributed by atoms with Gasteiger partial charge < -0.3 is 15.5 Å². The van der Waals surface area contributed by atoms with Gasteiger partial charge in [-0.1, -0.05) is 0 Å². The number of aromatic nitrogens is 1. The van der Waals surface area contributed by atoms with E-state index in [1.165, 1.54) is 6.20 Å². The van der Waals surface area contributed by atoms with Gasteiger partial charge in [-0.3, -0.25) is 9.78 Å². The maximum atomic E-state index is 11.4. The highest BCUT2D eigenvalue weighted by molar-refractivity contribution is 5.93. The Morgan fingerprint density at radius 2 is 2.33 bits per heavy atom. The number of nitrogens with one attached hydrogen (secondary N) is 1. The van der Waals surface area contributed by atoms with Gasteiger partial charge in [0.1, 0.15) is 0 Å². The molecule has 0 saturated heterocycles. The maximum absolute atomic E-state index is 11.4. The molecule has 3 N–H and O–H groups in total. The largest absolute Gasteiger partial charge is 0.394 e. The zero-order chi connectivity index (χ0) is 11.3. The van der Waals surface area contributed by atoms with Crippen molar-refractivity contribution in [2.24, 2.45) is 0 Å². The summed E-state index contributed by atoms with van der Waals surface area (Å²) in [4.78, 5) is 15.4. The van der Waals surface area contributed by atoms with Crippen LogP contribution in [0, 0.1) is 6.92 Å². The van der Waals surface area contributed by atoms with Crippen molar-refractivity contribution in [1.29, 1.82) is 0 Å². The lowest BCUT2D eigenvalue weighted by atomic mass is 10.2. The molecule has 82 valence electrons. The van der Waals surface area contributed by atoms with E-state index in [1.807, 2.05) is 6.92 Å². The summed E-state index contributed by atoms with van der Waals surface area (Å²) < 4.78 is 0. The minimum absolute atomic E-state index is 0.0310. The fourth-order valence-electron chi connectivity index (χ4n) is 0.979. The standard InChI is InChI=1S/C10H14N2O3/c1-7-2-3-8(4-11-7)10(15)12-5-9(14)6-13/h2-4,9,13-14H,5-6H2,1H3,(H,12,15). The Labute approximate surface area is 87.8 Å². The van der Waals surface area contributed by atoms with Crippen LogP contribution >= 0.6 is 0 Å². The van der Waals surface area contributed by atoms with Crippen molar-refractivity contribution in [1.82, 2.24) is 10.3 Å². The van der Waals surface area contributed by atoms with Gasteiger partial charge in [-0.05, 0) is 19.1 Å². The lowest BCUT2D eigenvalue weighted by molar-refractivity contribution is 0.0801. The predicted octanol–water partition coefficient (Wildman–Crippen LogP) is -0.527. The zero-order valence-corrected chi connectivity index (χ0v) is 8.47. The Kier molecular flexibility index (Phi) is 4.20. The number of hydrogen-bond donors (Lipinski definition) is 3. The van der Waals surface area contributed by atoms with Crippen molar-refractivity contribution in [3.63, 3.8) is 0 Å². The van der Waals surface area contributed by atoms with Crippen molar-refractivity contribution >= 4 is 5.91 Å². The quantitative estimate of drug-likeness (QED) is 0.624. The van der Waals surface area contributed by atoms with Crippen LogP contribution in [0.2, 0.25) is 0 Å². The molecule has 1 atom stereocenters. The molecule has 0 aliphatic carbocycles. The molecule has 1 aromatic rings. The van der Waals surface area contributed by atoms with E-state index in [4.69, 9.17) is 10.2 Å². The topological polar surface area (TPSA) is 82.5 Å². The fourth-order valence-corrected chi connectivity index (χ4v) is 0.979. The highest BCUT2D eigenvalue weighted by Gasteiger charge is 2.07. The molecular weight excluding hydrogens is 196 g/mol.